The average Bonchev–Trinajstić information content (AvgIpc) is 2.61. The van der Waals surface area contributed by atoms with Gasteiger partial charge in [0.2, 0.25) is 10.0 Å². The van der Waals surface area contributed by atoms with Crippen LogP contribution in [-0.2, 0) is 10.0 Å². The van der Waals surface area contributed by atoms with Gasteiger partial charge in [-0.1, -0.05) is 12.1 Å². The first-order chi connectivity index (χ1) is 12.0. The van der Waals surface area contributed by atoms with Crippen molar-refractivity contribution < 1.29 is 13.2 Å². The lowest BCUT2D eigenvalue weighted by atomic mass is 10.2. The van der Waals surface area contributed by atoms with Crippen molar-refractivity contribution in [3.8, 4) is 5.75 Å². The molecule has 8 heteroatoms. The number of hydrogen-bond donors (Lipinski definition) is 1. The summed E-state index contributed by atoms with van der Waals surface area (Å²) in [4.78, 5) is 8.73. The highest BCUT2D eigenvalue weighted by Gasteiger charge is 2.20. The molecule has 25 heavy (non-hydrogen) atoms. The summed E-state index contributed by atoms with van der Waals surface area (Å²) < 4.78 is 30.3. The van der Waals surface area contributed by atoms with E-state index in [0.29, 0.717) is 5.82 Å². The third-order valence-corrected chi connectivity index (χ3v) is 4.69. The summed E-state index contributed by atoms with van der Waals surface area (Å²) in [5, 5.41) is 0. The largest absolute Gasteiger partial charge is 0.495 e. The Labute approximate surface area is 148 Å². The van der Waals surface area contributed by atoms with Crippen molar-refractivity contribution in [1.82, 2.24) is 4.98 Å². The van der Waals surface area contributed by atoms with Crippen LogP contribution in [0.4, 0.5) is 17.2 Å². The first kappa shape index (κ1) is 17.3. The van der Waals surface area contributed by atoms with Crippen LogP contribution in [0.1, 0.15) is 0 Å². The standard InChI is InChI=1S/C17H22N4O3S/c1-24-16-6-4-3-5-15(16)21-11-9-20(10-12-21)14-7-8-17(18-13-14)19-25(2,22)23/h3-8,13H,9-12H2,1-2H3,(H,18,19). The lowest BCUT2D eigenvalue weighted by Gasteiger charge is -2.37. The fraction of sp³-hybridized carbons (Fsp3) is 0.353. The number of piperazine rings is 1. The number of sulfonamides is 1. The molecule has 0 amide bonds. The highest BCUT2D eigenvalue weighted by molar-refractivity contribution is 7.92. The molecule has 1 N–H and O–H groups in total. The Hall–Kier alpha value is -2.48. The highest BCUT2D eigenvalue weighted by Crippen LogP contribution is 2.29. The van der Waals surface area contributed by atoms with Crippen molar-refractivity contribution in [3.05, 3.63) is 42.6 Å². The van der Waals surface area contributed by atoms with Crippen molar-refractivity contribution in [1.29, 1.82) is 0 Å². The first-order valence-corrected chi connectivity index (χ1v) is 9.92. The highest BCUT2D eigenvalue weighted by atomic mass is 32.2. The first-order valence-electron chi connectivity index (χ1n) is 8.03. The van der Waals surface area contributed by atoms with Crippen LogP contribution >= 0.6 is 0 Å². The van der Waals surface area contributed by atoms with Gasteiger partial charge < -0.3 is 14.5 Å². The molecule has 2 heterocycles. The zero-order valence-electron chi connectivity index (χ0n) is 14.3. The average molecular weight is 362 g/mol. The van der Waals surface area contributed by atoms with Gasteiger partial charge in [0.1, 0.15) is 11.6 Å². The number of rotatable bonds is 5. The molecule has 7 nitrogen and oxygen atoms in total. The third kappa shape index (κ3) is 4.33. The van der Waals surface area contributed by atoms with Crippen molar-refractivity contribution in [3.63, 3.8) is 0 Å². The van der Waals surface area contributed by atoms with Crippen LogP contribution in [0.15, 0.2) is 42.6 Å². The van der Waals surface area contributed by atoms with Crippen LogP contribution < -0.4 is 19.3 Å². The number of nitrogens with one attached hydrogen (secondary N) is 1. The molecule has 0 bridgehead atoms. The molecule has 0 aliphatic carbocycles. The van der Waals surface area contributed by atoms with Gasteiger partial charge in [-0.3, -0.25) is 4.72 Å². The third-order valence-electron chi connectivity index (χ3n) is 4.11. The second kappa shape index (κ2) is 7.18. The summed E-state index contributed by atoms with van der Waals surface area (Å²) in [5.41, 5.74) is 2.09. The zero-order valence-corrected chi connectivity index (χ0v) is 15.2. The van der Waals surface area contributed by atoms with E-state index in [1.165, 1.54) is 0 Å². The van der Waals surface area contributed by atoms with Gasteiger partial charge in [-0.05, 0) is 24.3 Å². The fourth-order valence-electron chi connectivity index (χ4n) is 2.92. The Morgan fingerprint density at radius 3 is 2.32 bits per heavy atom. The molecule has 0 radical (unpaired) electrons. The van der Waals surface area contributed by atoms with Gasteiger partial charge in [-0.15, -0.1) is 0 Å². The number of methoxy groups -OCH3 is 1. The molecule has 2 aromatic rings. The fourth-order valence-corrected chi connectivity index (χ4v) is 3.42. The molecule has 3 rings (SSSR count). The van der Waals surface area contributed by atoms with Crippen LogP contribution in [0.3, 0.4) is 0 Å². The summed E-state index contributed by atoms with van der Waals surface area (Å²) in [7, 11) is -1.62. The smallest absolute Gasteiger partial charge is 0.230 e. The number of anilines is 3. The second-order valence-corrected chi connectivity index (χ2v) is 7.67. The van der Waals surface area contributed by atoms with Gasteiger partial charge in [0, 0.05) is 26.2 Å². The summed E-state index contributed by atoms with van der Waals surface area (Å²) in [6.07, 6.45) is 2.81. The Kier molecular flexibility index (Phi) is 4.98. The summed E-state index contributed by atoms with van der Waals surface area (Å²) in [5.74, 6) is 1.22. The van der Waals surface area contributed by atoms with Crippen LogP contribution in [0.25, 0.3) is 0 Å². The minimum absolute atomic E-state index is 0.332. The zero-order chi connectivity index (χ0) is 17.9. The van der Waals surface area contributed by atoms with Crippen LogP contribution in [-0.4, -0.2) is 52.9 Å². The summed E-state index contributed by atoms with van der Waals surface area (Å²) >= 11 is 0. The SMILES string of the molecule is COc1ccccc1N1CCN(c2ccc(NS(C)(=O)=O)nc2)CC1. The molecule has 1 aromatic heterocycles. The van der Waals surface area contributed by atoms with Crippen molar-refractivity contribution >= 4 is 27.2 Å². The molecule has 1 aliphatic heterocycles. The number of hydrogen-bond acceptors (Lipinski definition) is 6. The topological polar surface area (TPSA) is 74.8 Å². The van der Waals surface area contributed by atoms with Crippen LogP contribution in [0.2, 0.25) is 0 Å². The number of ether oxygens (including phenoxy) is 1. The molecule has 1 aliphatic rings. The van der Waals surface area contributed by atoms with Crippen LogP contribution in [0.5, 0.6) is 5.75 Å². The van der Waals surface area contributed by atoms with E-state index in [2.05, 4.69) is 25.6 Å². The lowest BCUT2D eigenvalue weighted by molar-refractivity contribution is 0.413. The van der Waals surface area contributed by atoms with E-state index in [0.717, 1.165) is 49.6 Å². The maximum Gasteiger partial charge on any atom is 0.230 e. The van der Waals surface area contributed by atoms with Gasteiger partial charge >= 0.3 is 0 Å². The van der Waals surface area contributed by atoms with Gasteiger partial charge in [0.05, 0.1) is 30.9 Å². The van der Waals surface area contributed by atoms with Gasteiger partial charge in [0.15, 0.2) is 0 Å². The molecule has 0 saturated carbocycles. The maximum atomic E-state index is 11.2. The monoisotopic (exact) mass is 362 g/mol. The van der Waals surface area contributed by atoms with E-state index in [-0.39, 0.29) is 0 Å². The Bertz CT molecular complexity index is 816. The summed E-state index contributed by atoms with van der Waals surface area (Å²) in [6.45, 7) is 3.48. The van der Waals surface area contributed by atoms with E-state index in [1.54, 1.807) is 19.4 Å². The molecular formula is C17H22N4O3S. The van der Waals surface area contributed by atoms with Crippen molar-refractivity contribution in [2.24, 2.45) is 0 Å². The molecule has 1 aromatic carbocycles. The minimum Gasteiger partial charge on any atom is -0.495 e. The van der Waals surface area contributed by atoms with Gasteiger partial charge in [0.25, 0.3) is 0 Å². The quantitative estimate of drug-likeness (QED) is 0.874. The Morgan fingerprint density at radius 1 is 1.04 bits per heavy atom. The maximum absolute atomic E-state index is 11.2. The molecule has 0 unspecified atom stereocenters. The molecular weight excluding hydrogens is 340 g/mol. The van der Waals surface area contributed by atoms with Crippen molar-refractivity contribution in [2.45, 2.75) is 0 Å². The number of pyridine rings is 1. The van der Waals surface area contributed by atoms with Gasteiger partial charge in [-0.25, -0.2) is 13.4 Å². The number of aromatic nitrogens is 1. The predicted molar refractivity (Wildman–Crippen MR) is 100 cm³/mol. The molecule has 0 spiro atoms. The minimum atomic E-state index is -3.30. The molecule has 1 fully saturated rings. The summed E-state index contributed by atoms with van der Waals surface area (Å²) in [6, 6.07) is 11.6. The predicted octanol–water partition coefficient (Wildman–Crippen LogP) is 1.79. The van der Waals surface area contributed by atoms with E-state index >= 15 is 0 Å². The lowest BCUT2D eigenvalue weighted by Crippen LogP contribution is -2.46. The van der Waals surface area contributed by atoms with E-state index in [9.17, 15) is 8.42 Å². The Morgan fingerprint density at radius 2 is 1.72 bits per heavy atom. The second-order valence-electron chi connectivity index (χ2n) is 5.92. The Balaban J connectivity index is 1.64. The van der Waals surface area contributed by atoms with Crippen molar-refractivity contribution in [2.75, 3.05) is 54.1 Å². The normalized spacial score (nSPS) is 15.1. The molecule has 134 valence electrons. The van der Waals surface area contributed by atoms with E-state index in [4.69, 9.17) is 4.74 Å². The van der Waals surface area contributed by atoms with E-state index < -0.39 is 10.0 Å². The number of para-hydroxylation sites is 2. The van der Waals surface area contributed by atoms with Gasteiger partial charge in [-0.2, -0.15) is 0 Å². The van der Waals surface area contributed by atoms with Crippen LogP contribution in [0, 0.1) is 0 Å². The number of benzene rings is 1. The van der Waals surface area contributed by atoms with E-state index in [1.807, 2.05) is 24.3 Å². The molecule has 1 saturated heterocycles. The molecule has 0 atom stereocenters. The number of nitrogens with zero attached hydrogens (tertiary/aromatic N) is 3.